The third kappa shape index (κ3) is 5.83. The van der Waals surface area contributed by atoms with Gasteiger partial charge in [-0.25, -0.2) is 5.48 Å². The molecule has 10 heteroatoms. The number of ether oxygens (including phenoxy) is 1. The molecule has 9 nitrogen and oxygen atoms in total. The van der Waals surface area contributed by atoms with Crippen molar-refractivity contribution in [1.82, 2.24) is 19.1 Å². The van der Waals surface area contributed by atoms with Crippen molar-refractivity contribution in [3.05, 3.63) is 60.4 Å². The number of piperidine rings is 1. The fraction of sp³-hybridized carbons (Fsp3) is 0.455. The predicted octanol–water partition coefficient (Wildman–Crippen LogP) is 2.20. The molecule has 0 saturated carbocycles. The van der Waals surface area contributed by atoms with Gasteiger partial charge >= 0.3 is 0 Å². The van der Waals surface area contributed by atoms with Crippen LogP contribution in [0.1, 0.15) is 32.3 Å². The minimum Gasteiger partial charge on any atom is -0.490 e. The summed E-state index contributed by atoms with van der Waals surface area (Å²) < 4.78 is 35.8. The molecule has 1 aromatic carbocycles. The Morgan fingerprint density at radius 3 is 2.47 bits per heavy atom. The van der Waals surface area contributed by atoms with Gasteiger partial charge in [0.2, 0.25) is 0 Å². The molecular weight excluding hydrogens is 432 g/mol. The number of carbonyl (C=O) groups excluding carboxylic acids is 1. The van der Waals surface area contributed by atoms with E-state index in [-0.39, 0.29) is 31.7 Å². The molecule has 174 valence electrons. The van der Waals surface area contributed by atoms with Gasteiger partial charge in [-0.2, -0.15) is 17.0 Å². The van der Waals surface area contributed by atoms with Gasteiger partial charge in [-0.3, -0.25) is 15.0 Å². The summed E-state index contributed by atoms with van der Waals surface area (Å²) in [6.45, 7) is 3.99. The molecule has 2 N–H and O–H groups in total. The van der Waals surface area contributed by atoms with Crippen molar-refractivity contribution in [2.75, 3.05) is 13.1 Å². The Morgan fingerprint density at radius 1 is 1.22 bits per heavy atom. The highest BCUT2D eigenvalue weighted by Gasteiger charge is 2.41. The van der Waals surface area contributed by atoms with E-state index in [1.165, 1.54) is 4.31 Å². The summed E-state index contributed by atoms with van der Waals surface area (Å²) in [5.74, 6) is -0.381. The fourth-order valence-corrected chi connectivity index (χ4v) is 5.76. The number of rotatable bonds is 9. The lowest BCUT2D eigenvalue weighted by molar-refractivity contribution is -0.134. The Balaban J connectivity index is 1.79. The first kappa shape index (κ1) is 24.1. The van der Waals surface area contributed by atoms with Crippen molar-refractivity contribution in [2.24, 2.45) is 5.92 Å². The molecule has 1 unspecified atom stereocenters. The molecule has 2 heterocycles. The van der Waals surface area contributed by atoms with Gasteiger partial charge in [0.1, 0.15) is 17.9 Å². The van der Waals surface area contributed by atoms with E-state index < -0.39 is 22.2 Å². The van der Waals surface area contributed by atoms with Crippen LogP contribution < -0.4 is 10.2 Å². The number of amides is 1. The van der Waals surface area contributed by atoms with E-state index in [4.69, 9.17) is 4.74 Å². The summed E-state index contributed by atoms with van der Waals surface area (Å²) in [5, 5.41) is 9.26. The second-order valence-corrected chi connectivity index (χ2v) is 9.99. The van der Waals surface area contributed by atoms with Crippen LogP contribution in [0, 0.1) is 5.92 Å². The standard InChI is InChI=1S/C22H30N4O5S/c1-17(2)21(22(27)24-28)26(16-18-7-6-12-23-15-18)32(29,30)25-13-10-20(11-14-25)31-19-8-4-3-5-9-19/h3-9,12,15,17,20-21,28H,10-11,13-14,16H2,1-2H3,(H,24,27). The average Bonchev–Trinajstić information content (AvgIpc) is 2.80. The zero-order chi connectivity index (χ0) is 23.1. The smallest absolute Gasteiger partial charge is 0.283 e. The van der Waals surface area contributed by atoms with Gasteiger partial charge < -0.3 is 4.74 Å². The highest BCUT2D eigenvalue weighted by atomic mass is 32.2. The molecule has 3 rings (SSSR count). The third-order valence-corrected chi connectivity index (χ3v) is 7.42. The van der Waals surface area contributed by atoms with Crippen LogP contribution in [0.4, 0.5) is 0 Å². The molecule has 1 aliphatic heterocycles. The first-order valence-electron chi connectivity index (χ1n) is 10.6. The fourth-order valence-electron chi connectivity index (χ4n) is 3.85. The lowest BCUT2D eigenvalue weighted by atomic mass is 10.0. The molecule has 0 spiro atoms. The molecule has 1 saturated heterocycles. The lowest BCUT2D eigenvalue weighted by Gasteiger charge is -2.38. The van der Waals surface area contributed by atoms with E-state index in [1.54, 1.807) is 43.9 Å². The summed E-state index contributed by atoms with van der Waals surface area (Å²) in [7, 11) is -4.01. The second-order valence-electron chi connectivity index (χ2n) is 8.11. The van der Waals surface area contributed by atoms with Crippen molar-refractivity contribution in [3.63, 3.8) is 0 Å². The van der Waals surface area contributed by atoms with Gasteiger partial charge in [0.25, 0.3) is 16.1 Å². The monoisotopic (exact) mass is 462 g/mol. The van der Waals surface area contributed by atoms with E-state index >= 15 is 0 Å². The summed E-state index contributed by atoms with van der Waals surface area (Å²) >= 11 is 0. The minimum absolute atomic E-state index is 0.0348. The number of hydroxylamine groups is 1. The lowest BCUT2D eigenvalue weighted by Crippen LogP contribution is -2.56. The van der Waals surface area contributed by atoms with Crippen LogP contribution in [-0.2, 0) is 21.5 Å². The van der Waals surface area contributed by atoms with E-state index in [0.29, 0.717) is 18.4 Å². The zero-order valence-electron chi connectivity index (χ0n) is 18.3. The predicted molar refractivity (Wildman–Crippen MR) is 119 cm³/mol. The summed E-state index contributed by atoms with van der Waals surface area (Å²) in [6, 6.07) is 11.8. The van der Waals surface area contributed by atoms with Crippen LogP contribution in [0.25, 0.3) is 0 Å². The van der Waals surface area contributed by atoms with E-state index in [1.807, 2.05) is 30.3 Å². The Hall–Kier alpha value is -2.53. The zero-order valence-corrected chi connectivity index (χ0v) is 19.1. The van der Waals surface area contributed by atoms with Crippen molar-refractivity contribution < 1.29 is 23.2 Å². The Morgan fingerprint density at radius 2 is 1.91 bits per heavy atom. The number of para-hydroxylation sites is 1. The van der Waals surface area contributed by atoms with E-state index in [0.717, 1.165) is 10.1 Å². The van der Waals surface area contributed by atoms with Gasteiger partial charge in [0.05, 0.1) is 0 Å². The van der Waals surface area contributed by atoms with Crippen LogP contribution in [0.3, 0.4) is 0 Å². The normalized spacial score (nSPS) is 16.8. The number of hydrogen-bond donors (Lipinski definition) is 2. The molecule has 1 aliphatic rings. The van der Waals surface area contributed by atoms with Crippen molar-refractivity contribution in [1.29, 1.82) is 0 Å². The number of nitrogens with one attached hydrogen (secondary N) is 1. The highest BCUT2D eigenvalue weighted by molar-refractivity contribution is 7.86. The SMILES string of the molecule is CC(C)C(C(=O)NO)N(Cc1cccnc1)S(=O)(=O)N1CCC(Oc2ccccc2)CC1. The number of nitrogens with zero attached hydrogens (tertiary/aromatic N) is 3. The van der Waals surface area contributed by atoms with Gasteiger partial charge in [-0.15, -0.1) is 0 Å². The van der Waals surface area contributed by atoms with Crippen molar-refractivity contribution in [3.8, 4) is 5.75 Å². The molecule has 0 bridgehead atoms. The Kier molecular flexibility index (Phi) is 8.19. The Labute approximate surface area is 189 Å². The topological polar surface area (TPSA) is 112 Å². The van der Waals surface area contributed by atoms with Gasteiger partial charge in [0.15, 0.2) is 0 Å². The number of aromatic nitrogens is 1. The first-order chi connectivity index (χ1) is 15.3. The van der Waals surface area contributed by atoms with Crippen LogP contribution in [0.5, 0.6) is 5.75 Å². The maximum Gasteiger partial charge on any atom is 0.283 e. The minimum atomic E-state index is -4.01. The average molecular weight is 463 g/mol. The molecule has 0 aliphatic carbocycles. The van der Waals surface area contributed by atoms with Gasteiger partial charge in [0, 0.05) is 32.0 Å². The Bertz CT molecular complexity index is 964. The summed E-state index contributed by atoms with van der Waals surface area (Å²) in [5.41, 5.74) is 2.27. The molecule has 1 atom stereocenters. The van der Waals surface area contributed by atoms with Crippen LogP contribution in [0.2, 0.25) is 0 Å². The van der Waals surface area contributed by atoms with E-state index in [9.17, 15) is 18.4 Å². The quantitative estimate of drug-likeness (QED) is 0.436. The highest BCUT2D eigenvalue weighted by Crippen LogP contribution is 2.26. The molecular formula is C22H30N4O5S. The van der Waals surface area contributed by atoms with Crippen molar-refractivity contribution >= 4 is 16.1 Å². The number of benzene rings is 1. The maximum atomic E-state index is 13.7. The summed E-state index contributed by atoms with van der Waals surface area (Å²) in [4.78, 5) is 16.5. The molecule has 0 radical (unpaired) electrons. The first-order valence-corrected chi connectivity index (χ1v) is 12.0. The van der Waals surface area contributed by atoms with Crippen LogP contribution in [-0.4, -0.2) is 58.4 Å². The molecule has 1 fully saturated rings. The van der Waals surface area contributed by atoms with Gasteiger partial charge in [-0.05, 0) is 42.5 Å². The number of pyridine rings is 1. The number of carbonyl (C=O) groups is 1. The van der Waals surface area contributed by atoms with Crippen molar-refractivity contribution in [2.45, 2.75) is 45.4 Å². The maximum absolute atomic E-state index is 13.7. The molecule has 32 heavy (non-hydrogen) atoms. The van der Waals surface area contributed by atoms with E-state index in [2.05, 4.69) is 4.98 Å². The van der Waals surface area contributed by atoms with Crippen LogP contribution >= 0.6 is 0 Å². The molecule has 1 aromatic heterocycles. The third-order valence-electron chi connectivity index (χ3n) is 5.45. The molecule has 2 aromatic rings. The van der Waals surface area contributed by atoms with Crippen LogP contribution in [0.15, 0.2) is 54.9 Å². The summed E-state index contributed by atoms with van der Waals surface area (Å²) in [6.07, 6.45) is 4.15. The second kappa shape index (κ2) is 10.9. The largest absolute Gasteiger partial charge is 0.490 e. The molecule has 1 amide bonds. The van der Waals surface area contributed by atoms with Gasteiger partial charge in [-0.1, -0.05) is 38.1 Å². The number of hydrogen-bond acceptors (Lipinski definition) is 6.